The van der Waals surface area contributed by atoms with Gasteiger partial charge in [-0.05, 0) is 24.6 Å². The molecule has 1 aromatic rings. The van der Waals surface area contributed by atoms with Gasteiger partial charge in [-0.2, -0.15) is 0 Å². The second-order valence-electron chi connectivity index (χ2n) is 4.10. The Hall–Kier alpha value is -1.54. The third kappa shape index (κ3) is 3.51. The van der Waals surface area contributed by atoms with Crippen LogP contribution in [-0.2, 0) is 19.6 Å². The van der Waals surface area contributed by atoms with E-state index in [0.717, 1.165) is 13.4 Å². The first-order valence-electron chi connectivity index (χ1n) is 5.57. The zero-order chi connectivity index (χ0) is 15.5. The summed E-state index contributed by atoms with van der Waals surface area (Å²) in [6, 6.07) is 1.24. The first-order valence-corrected chi connectivity index (χ1v) is 7.50. The average Bonchev–Trinajstić information content (AvgIpc) is 2.81. The summed E-state index contributed by atoms with van der Waals surface area (Å²) >= 11 is 5.58. The minimum atomic E-state index is -4.06. The summed E-state index contributed by atoms with van der Waals surface area (Å²) in [7, 11) is -2.90. The maximum Gasteiger partial charge on any atom is 0.309 e. The number of nitrogens with one attached hydrogen (secondary N) is 1. The van der Waals surface area contributed by atoms with Gasteiger partial charge in [-0.1, -0.05) is 6.92 Å². The van der Waals surface area contributed by atoms with E-state index in [1.165, 1.54) is 19.9 Å². The fourth-order valence-corrected chi connectivity index (χ4v) is 2.78. The highest BCUT2D eigenvalue weighted by atomic mass is 35.5. The van der Waals surface area contributed by atoms with Crippen molar-refractivity contribution in [2.45, 2.75) is 19.1 Å². The summed E-state index contributed by atoms with van der Waals surface area (Å²) < 4.78 is 35.0. The van der Waals surface area contributed by atoms with Crippen molar-refractivity contribution < 1.29 is 27.2 Å². The van der Waals surface area contributed by atoms with Crippen LogP contribution in [0.15, 0.2) is 16.7 Å². The van der Waals surface area contributed by atoms with Crippen molar-refractivity contribution in [2.24, 2.45) is 5.92 Å². The van der Waals surface area contributed by atoms with Crippen LogP contribution in [-0.4, -0.2) is 32.7 Å². The van der Waals surface area contributed by atoms with Gasteiger partial charge in [-0.15, -0.1) is 0 Å². The maximum atomic E-state index is 12.0. The Kier molecular flexibility index (Phi) is 5.18. The predicted octanol–water partition coefficient (Wildman–Crippen LogP) is 1.19. The van der Waals surface area contributed by atoms with Crippen molar-refractivity contribution in [1.29, 1.82) is 0 Å². The third-order valence-corrected chi connectivity index (χ3v) is 5.01. The van der Waals surface area contributed by atoms with Gasteiger partial charge < -0.3 is 9.15 Å². The van der Waals surface area contributed by atoms with Crippen LogP contribution in [0.3, 0.4) is 0 Å². The Balaban J connectivity index is 2.88. The molecule has 0 saturated carbocycles. The highest BCUT2D eigenvalue weighted by molar-refractivity contribution is 7.90. The largest absolute Gasteiger partial charge is 0.469 e. The summed E-state index contributed by atoms with van der Waals surface area (Å²) in [5.74, 6) is -2.53. The van der Waals surface area contributed by atoms with E-state index < -0.39 is 33.1 Å². The molecular formula is C11H14ClNO6S. The first kappa shape index (κ1) is 16.5. The third-order valence-electron chi connectivity index (χ3n) is 2.86. The second kappa shape index (κ2) is 6.27. The van der Waals surface area contributed by atoms with Crippen molar-refractivity contribution in [1.82, 2.24) is 4.72 Å². The molecule has 0 aliphatic rings. The molecule has 1 aromatic heterocycles. The number of amides is 1. The molecule has 20 heavy (non-hydrogen) atoms. The molecule has 1 amide bonds. The molecule has 0 spiro atoms. The predicted molar refractivity (Wildman–Crippen MR) is 70.7 cm³/mol. The van der Waals surface area contributed by atoms with Crippen molar-refractivity contribution in [2.75, 3.05) is 7.11 Å². The molecule has 0 aliphatic carbocycles. The molecule has 0 radical (unpaired) electrons. The number of carbonyl (C=O) groups excluding carboxylic acids is 2. The zero-order valence-electron chi connectivity index (χ0n) is 11.0. The molecule has 9 heteroatoms. The molecule has 0 fully saturated rings. The Morgan fingerprint density at radius 1 is 1.40 bits per heavy atom. The minimum absolute atomic E-state index is 0.104. The summed E-state index contributed by atoms with van der Waals surface area (Å²) in [5, 5.41) is -1.36. The number of esters is 1. The van der Waals surface area contributed by atoms with Gasteiger partial charge in [0, 0.05) is 0 Å². The van der Waals surface area contributed by atoms with Crippen molar-refractivity contribution in [3.8, 4) is 0 Å². The van der Waals surface area contributed by atoms with E-state index in [0.29, 0.717) is 0 Å². The van der Waals surface area contributed by atoms with Crippen LogP contribution in [0.25, 0.3) is 0 Å². The number of furan rings is 1. The van der Waals surface area contributed by atoms with Gasteiger partial charge in [-0.3, -0.25) is 9.59 Å². The maximum absolute atomic E-state index is 12.0. The lowest BCUT2D eigenvalue weighted by Gasteiger charge is -2.18. The molecule has 1 N–H and O–H groups in total. The summed E-state index contributed by atoms with van der Waals surface area (Å²) in [4.78, 5) is 23.1. The lowest BCUT2D eigenvalue weighted by molar-refractivity contribution is -0.144. The Morgan fingerprint density at radius 3 is 2.45 bits per heavy atom. The van der Waals surface area contributed by atoms with E-state index in [9.17, 15) is 18.0 Å². The number of rotatable bonds is 5. The van der Waals surface area contributed by atoms with Crippen LogP contribution in [0.5, 0.6) is 0 Å². The second-order valence-corrected chi connectivity index (χ2v) is 6.48. The standard InChI is InChI=1S/C11H14ClNO6S/c1-6(11(15)18-3)7(2)20(16,17)13-10(14)8-4-5-19-9(8)12/h4-7H,1-3H3,(H,13,14)/t6-,7-/m0/s1. The van der Waals surface area contributed by atoms with Crippen LogP contribution in [0.4, 0.5) is 0 Å². The SMILES string of the molecule is COC(=O)[C@@H](C)[C@H](C)S(=O)(=O)NC(=O)c1ccoc1Cl. The highest BCUT2D eigenvalue weighted by Crippen LogP contribution is 2.18. The Labute approximate surface area is 121 Å². The monoisotopic (exact) mass is 323 g/mol. The van der Waals surface area contributed by atoms with E-state index in [2.05, 4.69) is 4.74 Å². The normalized spacial score (nSPS) is 14.4. The van der Waals surface area contributed by atoms with Gasteiger partial charge in [0.05, 0.1) is 30.1 Å². The van der Waals surface area contributed by atoms with Gasteiger partial charge in [0.15, 0.2) is 0 Å². The van der Waals surface area contributed by atoms with Crippen LogP contribution in [0.1, 0.15) is 24.2 Å². The number of ether oxygens (including phenoxy) is 1. The molecule has 0 aliphatic heterocycles. The van der Waals surface area contributed by atoms with E-state index in [-0.39, 0.29) is 10.8 Å². The molecule has 0 aromatic carbocycles. The van der Waals surface area contributed by atoms with Gasteiger partial charge in [0.25, 0.3) is 5.91 Å². The molecule has 1 heterocycles. The number of halogens is 1. The van der Waals surface area contributed by atoms with Crippen molar-refractivity contribution in [3.05, 3.63) is 23.1 Å². The first-order chi connectivity index (χ1) is 9.20. The van der Waals surface area contributed by atoms with Gasteiger partial charge >= 0.3 is 5.97 Å². The van der Waals surface area contributed by atoms with E-state index >= 15 is 0 Å². The van der Waals surface area contributed by atoms with E-state index in [1.54, 1.807) is 0 Å². The van der Waals surface area contributed by atoms with Gasteiger partial charge in [-0.25, -0.2) is 13.1 Å². The van der Waals surface area contributed by atoms with Gasteiger partial charge in [0.2, 0.25) is 15.2 Å². The summed E-state index contributed by atoms with van der Waals surface area (Å²) in [5.41, 5.74) is -0.104. The van der Waals surface area contributed by atoms with E-state index in [4.69, 9.17) is 16.0 Å². The number of methoxy groups -OCH3 is 1. The van der Waals surface area contributed by atoms with E-state index in [1.807, 2.05) is 4.72 Å². The topological polar surface area (TPSA) is 103 Å². The molecule has 7 nitrogen and oxygen atoms in total. The lowest BCUT2D eigenvalue weighted by Crippen LogP contribution is -2.42. The van der Waals surface area contributed by atoms with Crippen LogP contribution in [0, 0.1) is 5.92 Å². The molecule has 0 saturated heterocycles. The van der Waals surface area contributed by atoms with Gasteiger partial charge in [0.1, 0.15) is 0 Å². The van der Waals surface area contributed by atoms with Crippen LogP contribution >= 0.6 is 11.6 Å². The summed E-state index contributed by atoms with van der Waals surface area (Å²) in [6.45, 7) is 2.69. The van der Waals surface area contributed by atoms with Crippen LogP contribution < -0.4 is 4.72 Å². The van der Waals surface area contributed by atoms with Crippen molar-refractivity contribution in [3.63, 3.8) is 0 Å². The quantitative estimate of drug-likeness (QED) is 0.816. The fraction of sp³-hybridized carbons (Fsp3) is 0.455. The fourth-order valence-electron chi connectivity index (χ4n) is 1.38. The number of hydrogen-bond acceptors (Lipinski definition) is 6. The minimum Gasteiger partial charge on any atom is -0.469 e. The Morgan fingerprint density at radius 2 is 2.00 bits per heavy atom. The lowest BCUT2D eigenvalue weighted by atomic mass is 10.1. The Bertz CT molecular complexity index is 608. The smallest absolute Gasteiger partial charge is 0.309 e. The molecule has 0 unspecified atom stereocenters. The number of sulfonamides is 1. The molecular weight excluding hydrogens is 310 g/mol. The molecule has 2 atom stereocenters. The molecule has 1 rings (SSSR count). The molecule has 0 bridgehead atoms. The van der Waals surface area contributed by atoms with Crippen molar-refractivity contribution >= 4 is 33.5 Å². The average molecular weight is 324 g/mol. The molecule has 112 valence electrons. The van der Waals surface area contributed by atoms with Crippen LogP contribution in [0.2, 0.25) is 5.22 Å². The highest BCUT2D eigenvalue weighted by Gasteiger charge is 2.33. The number of hydrogen-bond donors (Lipinski definition) is 1. The summed E-state index contributed by atoms with van der Waals surface area (Å²) in [6.07, 6.45) is 1.16. The zero-order valence-corrected chi connectivity index (χ0v) is 12.6. The number of carbonyl (C=O) groups is 2.